The van der Waals surface area contributed by atoms with Gasteiger partial charge in [0.1, 0.15) is 5.82 Å². The second-order valence-electron chi connectivity index (χ2n) is 5.11. The van der Waals surface area contributed by atoms with Crippen molar-refractivity contribution in [2.75, 3.05) is 24.7 Å². The van der Waals surface area contributed by atoms with Crippen LogP contribution < -0.4 is 10.6 Å². The Morgan fingerprint density at radius 1 is 1.20 bits per heavy atom. The molecule has 0 atom stereocenters. The molecule has 2 aromatic heterocycles. The predicted octanol–water partition coefficient (Wildman–Crippen LogP) is 2.23. The second-order valence-corrected chi connectivity index (χ2v) is 5.88. The molecule has 0 saturated heterocycles. The Bertz CT molecular complexity index is 836. The first kappa shape index (κ1) is 17.0. The number of amides is 1. The minimum absolute atomic E-state index is 0.117. The van der Waals surface area contributed by atoms with Crippen LogP contribution in [0.2, 0.25) is 0 Å². The molecule has 2 N–H and O–H groups in total. The van der Waals surface area contributed by atoms with Gasteiger partial charge in [-0.15, -0.1) is 0 Å². The second kappa shape index (κ2) is 8.29. The van der Waals surface area contributed by atoms with E-state index >= 15 is 0 Å². The Kier molecular flexibility index (Phi) is 5.63. The van der Waals surface area contributed by atoms with Gasteiger partial charge >= 0.3 is 0 Å². The van der Waals surface area contributed by atoms with E-state index in [1.54, 1.807) is 42.6 Å². The molecule has 0 unspecified atom stereocenters. The number of carbonyl (C=O) groups is 1. The third kappa shape index (κ3) is 4.36. The van der Waals surface area contributed by atoms with E-state index in [1.165, 1.54) is 0 Å². The largest absolute Gasteiger partial charge is 0.367 e. The molecule has 2 heterocycles. The molecule has 0 aliphatic carbocycles. The molecule has 0 spiro atoms. The molecule has 3 rings (SSSR count). The number of thioether (sulfide) groups is 1. The molecule has 0 saturated carbocycles. The van der Waals surface area contributed by atoms with E-state index in [4.69, 9.17) is 0 Å². The number of benzene rings is 1. The van der Waals surface area contributed by atoms with Crippen molar-refractivity contribution in [1.82, 2.24) is 24.8 Å². The van der Waals surface area contributed by atoms with Gasteiger partial charge in [-0.25, -0.2) is 9.97 Å². The summed E-state index contributed by atoms with van der Waals surface area (Å²) in [6.45, 7) is 1.06. The van der Waals surface area contributed by atoms with Crippen LogP contribution in [0.4, 0.5) is 5.82 Å². The van der Waals surface area contributed by atoms with Crippen molar-refractivity contribution >= 4 is 23.5 Å². The Morgan fingerprint density at radius 2 is 2.12 bits per heavy atom. The first-order valence-electron chi connectivity index (χ1n) is 7.74. The van der Waals surface area contributed by atoms with E-state index in [-0.39, 0.29) is 5.91 Å². The van der Waals surface area contributed by atoms with Gasteiger partial charge in [-0.3, -0.25) is 14.3 Å². The van der Waals surface area contributed by atoms with Gasteiger partial charge in [0, 0.05) is 49.1 Å². The molecule has 0 fully saturated rings. The average Bonchev–Trinajstić information content (AvgIpc) is 3.15. The van der Waals surface area contributed by atoms with Crippen LogP contribution in [0, 0.1) is 0 Å². The van der Waals surface area contributed by atoms with E-state index in [0.29, 0.717) is 24.5 Å². The number of anilines is 1. The predicted molar refractivity (Wildman–Crippen MR) is 98.2 cm³/mol. The average molecular weight is 354 g/mol. The smallest absolute Gasteiger partial charge is 0.251 e. The fourth-order valence-electron chi connectivity index (χ4n) is 2.29. The van der Waals surface area contributed by atoms with Crippen LogP contribution in [-0.4, -0.2) is 44.8 Å². The molecular weight excluding hydrogens is 336 g/mol. The maximum atomic E-state index is 12.3. The molecule has 7 nitrogen and oxygen atoms in total. The molecule has 0 aliphatic heterocycles. The standard InChI is InChI=1S/C17H18N6OS/c1-25-17-22-9-10-23(17)14-4-2-3-13(11-14)16(24)21-8-7-20-15-12-18-5-6-19-15/h2-6,9-12H,7-8H2,1H3,(H,19,20)(H,21,24). The van der Waals surface area contributed by atoms with E-state index in [9.17, 15) is 4.79 Å². The number of rotatable bonds is 7. The Morgan fingerprint density at radius 3 is 2.92 bits per heavy atom. The van der Waals surface area contributed by atoms with Crippen molar-refractivity contribution in [2.24, 2.45) is 0 Å². The summed E-state index contributed by atoms with van der Waals surface area (Å²) in [6.07, 6.45) is 10.5. The zero-order valence-corrected chi connectivity index (χ0v) is 14.5. The summed E-state index contributed by atoms with van der Waals surface area (Å²) >= 11 is 1.56. The number of nitrogens with zero attached hydrogens (tertiary/aromatic N) is 4. The van der Waals surface area contributed by atoms with Gasteiger partial charge in [0.2, 0.25) is 0 Å². The van der Waals surface area contributed by atoms with Crippen molar-refractivity contribution < 1.29 is 4.79 Å². The van der Waals surface area contributed by atoms with Crippen molar-refractivity contribution in [1.29, 1.82) is 0 Å². The summed E-state index contributed by atoms with van der Waals surface area (Å²) in [5, 5.41) is 6.87. The highest BCUT2D eigenvalue weighted by atomic mass is 32.2. The van der Waals surface area contributed by atoms with E-state index in [1.807, 2.05) is 35.2 Å². The van der Waals surface area contributed by atoms with E-state index < -0.39 is 0 Å². The SMILES string of the molecule is CSc1nccn1-c1cccc(C(=O)NCCNc2cnccn2)c1. The Hall–Kier alpha value is -2.87. The summed E-state index contributed by atoms with van der Waals surface area (Å²) < 4.78 is 1.96. The van der Waals surface area contributed by atoms with Crippen molar-refractivity contribution in [2.45, 2.75) is 5.16 Å². The number of hydrogen-bond acceptors (Lipinski definition) is 6. The topological polar surface area (TPSA) is 84.7 Å². The molecule has 8 heteroatoms. The van der Waals surface area contributed by atoms with Crippen LogP contribution in [0.1, 0.15) is 10.4 Å². The van der Waals surface area contributed by atoms with Gasteiger partial charge in [0.15, 0.2) is 5.16 Å². The minimum Gasteiger partial charge on any atom is -0.367 e. The van der Waals surface area contributed by atoms with Gasteiger partial charge in [0.25, 0.3) is 5.91 Å². The lowest BCUT2D eigenvalue weighted by Gasteiger charge is -2.10. The Labute approximate surface area is 149 Å². The zero-order valence-electron chi connectivity index (χ0n) is 13.7. The van der Waals surface area contributed by atoms with Crippen molar-refractivity contribution in [3.8, 4) is 5.69 Å². The number of carbonyl (C=O) groups excluding carboxylic acids is 1. The molecular formula is C17H18N6OS. The third-order valence-electron chi connectivity index (χ3n) is 3.46. The summed E-state index contributed by atoms with van der Waals surface area (Å²) in [4.78, 5) is 24.7. The third-order valence-corrected chi connectivity index (χ3v) is 4.12. The van der Waals surface area contributed by atoms with Crippen LogP contribution in [-0.2, 0) is 0 Å². The summed E-state index contributed by atoms with van der Waals surface area (Å²) in [6, 6.07) is 7.47. The molecule has 1 amide bonds. The maximum absolute atomic E-state index is 12.3. The van der Waals surface area contributed by atoms with Gasteiger partial charge in [-0.2, -0.15) is 0 Å². The lowest BCUT2D eigenvalue weighted by Crippen LogP contribution is -2.29. The van der Waals surface area contributed by atoms with Crippen LogP contribution >= 0.6 is 11.8 Å². The molecule has 1 aromatic carbocycles. The van der Waals surface area contributed by atoms with Crippen LogP contribution in [0.25, 0.3) is 5.69 Å². The van der Waals surface area contributed by atoms with E-state index in [0.717, 1.165) is 10.8 Å². The fourth-order valence-corrected chi connectivity index (χ4v) is 2.82. The van der Waals surface area contributed by atoms with Crippen LogP contribution in [0.5, 0.6) is 0 Å². The number of nitrogens with one attached hydrogen (secondary N) is 2. The normalized spacial score (nSPS) is 10.4. The molecule has 0 aliphatic rings. The highest BCUT2D eigenvalue weighted by Crippen LogP contribution is 2.18. The number of imidazole rings is 1. The first-order chi connectivity index (χ1) is 12.3. The van der Waals surface area contributed by atoms with Crippen molar-refractivity contribution in [3.63, 3.8) is 0 Å². The summed E-state index contributed by atoms with van der Waals surface area (Å²) in [5.74, 6) is 0.567. The summed E-state index contributed by atoms with van der Waals surface area (Å²) in [7, 11) is 0. The minimum atomic E-state index is -0.117. The maximum Gasteiger partial charge on any atom is 0.251 e. The molecule has 128 valence electrons. The van der Waals surface area contributed by atoms with Gasteiger partial charge < -0.3 is 10.6 Å². The first-order valence-corrected chi connectivity index (χ1v) is 8.96. The molecule has 25 heavy (non-hydrogen) atoms. The van der Waals surface area contributed by atoms with Crippen LogP contribution in [0.3, 0.4) is 0 Å². The van der Waals surface area contributed by atoms with Crippen LogP contribution in [0.15, 0.2) is 60.4 Å². The molecule has 0 radical (unpaired) electrons. The fraction of sp³-hybridized carbons (Fsp3) is 0.176. The van der Waals surface area contributed by atoms with Gasteiger partial charge in [-0.05, 0) is 24.5 Å². The highest BCUT2D eigenvalue weighted by Gasteiger charge is 2.08. The quantitative estimate of drug-likeness (QED) is 0.500. The summed E-state index contributed by atoms with van der Waals surface area (Å²) in [5.41, 5.74) is 1.52. The lowest BCUT2D eigenvalue weighted by molar-refractivity contribution is 0.0955. The highest BCUT2D eigenvalue weighted by molar-refractivity contribution is 7.98. The number of aromatic nitrogens is 4. The van der Waals surface area contributed by atoms with Crippen molar-refractivity contribution in [3.05, 3.63) is 60.8 Å². The number of hydrogen-bond donors (Lipinski definition) is 2. The Balaban J connectivity index is 1.58. The monoisotopic (exact) mass is 354 g/mol. The van der Waals surface area contributed by atoms with E-state index in [2.05, 4.69) is 25.6 Å². The molecule has 3 aromatic rings. The molecule has 0 bridgehead atoms. The lowest BCUT2D eigenvalue weighted by atomic mass is 10.2. The zero-order chi connectivity index (χ0) is 17.5. The van der Waals surface area contributed by atoms with Gasteiger partial charge in [0.05, 0.1) is 6.20 Å². The van der Waals surface area contributed by atoms with Gasteiger partial charge in [-0.1, -0.05) is 17.8 Å².